The van der Waals surface area contributed by atoms with Gasteiger partial charge in [-0.2, -0.15) is 0 Å². The van der Waals surface area contributed by atoms with Crippen molar-refractivity contribution in [1.29, 1.82) is 0 Å². The number of hydrogen-bond donors (Lipinski definition) is 4. The van der Waals surface area contributed by atoms with E-state index in [0.717, 1.165) is 0 Å². The van der Waals surface area contributed by atoms with E-state index >= 15 is 0 Å². The Bertz CT molecular complexity index is 19.2. The second-order valence-corrected chi connectivity index (χ2v) is 0.366. The molecule has 0 aliphatic carbocycles. The third kappa shape index (κ3) is 109. The molecule has 0 saturated carbocycles. The molecule has 0 fully saturated rings. The first kappa shape index (κ1) is 30.0. The van der Waals surface area contributed by atoms with E-state index in [9.17, 15) is 0 Å². The Balaban J connectivity index is -0.0000000221. The Morgan fingerprint density at radius 3 is 0.750 bits per heavy atom. The normalized spacial score (nSPS) is 6.00. The van der Waals surface area contributed by atoms with Crippen LogP contribution < -0.4 is 0 Å². The summed E-state index contributed by atoms with van der Waals surface area (Å²) in [6.07, 6.45) is 0. The van der Waals surface area contributed by atoms with Crippen molar-refractivity contribution in [3.05, 3.63) is 0 Å². The zero-order valence-corrected chi connectivity index (χ0v) is 5.33. The highest BCUT2D eigenvalue weighted by Gasteiger charge is 1.68. The van der Waals surface area contributed by atoms with Gasteiger partial charge in [0.15, 0.2) is 0 Å². The third-order valence-corrected chi connectivity index (χ3v) is 0.0942. The molecule has 10 N–H and O–H groups in total. The lowest BCUT2D eigenvalue weighted by molar-refractivity contribution is -0.695. The van der Waals surface area contributed by atoms with Crippen LogP contribution in [0.25, 0.3) is 0 Å². The molecule has 0 saturated heterocycles. The minimum atomic E-state index is 0. The van der Waals surface area contributed by atoms with Crippen molar-refractivity contribution in [1.82, 2.24) is 0 Å². The van der Waals surface area contributed by atoms with Gasteiger partial charge in [-0.25, -0.2) is 21.0 Å². The first-order valence-corrected chi connectivity index (χ1v) is 1.23. The van der Waals surface area contributed by atoms with Crippen LogP contribution in [-0.4, -0.2) is 37.5 Å². The van der Waals surface area contributed by atoms with Crippen molar-refractivity contribution in [3.63, 3.8) is 0 Å². The number of hydrogen-bond acceptors (Lipinski definition) is 9. The Labute approximate surface area is 64.1 Å². The highest BCUT2D eigenvalue weighted by Crippen LogP contribution is 1.63. The molecule has 0 aromatic heterocycles. The van der Waals surface area contributed by atoms with Gasteiger partial charge in [0.25, 0.3) is 0 Å². The maximum Gasteiger partial charge on any atom is -0.00537 e. The minimum Gasteiger partial charge on any atom is -0.412 e. The highest BCUT2D eigenvalue weighted by molar-refractivity contribution is 2.78. The lowest BCUT2D eigenvalue weighted by atomic mass is 14.3. The Kier molecular flexibility index (Phi) is 117. The summed E-state index contributed by atoms with van der Waals surface area (Å²) in [4.78, 5) is 0. The van der Waals surface area contributed by atoms with E-state index in [-0.39, 0.29) is 16.4 Å². The molecule has 0 rings (SSSR count). The van der Waals surface area contributed by atoms with Crippen LogP contribution in [0.15, 0.2) is 0 Å². The third-order valence-electron chi connectivity index (χ3n) is 0.0942. The maximum atomic E-state index is 7.06. The van der Waals surface area contributed by atoms with E-state index in [1.807, 2.05) is 0 Å². The molecule has 0 heterocycles. The molecule has 0 radical (unpaired) electrons. The molecular formula is H10O12. The van der Waals surface area contributed by atoms with Crippen LogP contribution in [0.1, 0.15) is 0 Å². The summed E-state index contributed by atoms with van der Waals surface area (Å²) >= 11 is 0. The molecule has 0 aliphatic rings. The summed E-state index contributed by atoms with van der Waals surface area (Å²) in [5, 5.41) is 41.5. The summed E-state index contributed by atoms with van der Waals surface area (Å²) < 4.78 is 0. The fourth-order valence-corrected chi connectivity index (χ4v) is 0.0136. The van der Waals surface area contributed by atoms with Gasteiger partial charge in [0, 0.05) is 0 Å². The highest BCUT2D eigenvalue weighted by atomic mass is 17.7. The van der Waals surface area contributed by atoms with Gasteiger partial charge in [0.2, 0.25) is 0 Å². The van der Waals surface area contributed by atoms with Crippen LogP contribution in [-0.2, 0) is 25.2 Å². The van der Waals surface area contributed by atoms with Crippen LogP contribution in [0, 0.1) is 0 Å². The topological polar surface area (TPSA) is 222 Å². The summed E-state index contributed by atoms with van der Waals surface area (Å²) in [5.41, 5.74) is 0. The summed E-state index contributed by atoms with van der Waals surface area (Å²) in [6.45, 7) is 0. The Morgan fingerprint density at radius 2 is 0.750 bits per heavy atom. The average Bonchev–Trinajstić information content (AvgIpc) is 1.91. The SMILES string of the molecule is O.O.O.OOOO.OOOOO. The van der Waals surface area contributed by atoms with Crippen LogP contribution in [0.3, 0.4) is 0 Å². The van der Waals surface area contributed by atoms with Gasteiger partial charge in [-0.1, -0.05) is 0 Å². The fraction of sp³-hybridized carbons (Fsp3) is 0. The largest absolute Gasteiger partial charge is 0.412 e. The van der Waals surface area contributed by atoms with E-state index in [4.69, 9.17) is 21.0 Å². The molecule has 0 aromatic carbocycles. The van der Waals surface area contributed by atoms with Crippen LogP contribution in [0.5, 0.6) is 0 Å². The van der Waals surface area contributed by atoms with Crippen molar-refractivity contribution in [3.8, 4) is 0 Å². The Hall–Kier alpha value is -0.480. The van der Waals surface area contributed by atoms with Crippen molar-refractivity contribution in [2.45, 2.75) is 0 Å². The average molecular weight is 202 g/mol. The molecule has 0 aromatic rings. The molecule has 0 aliphatic heterocycles. The van der Waals surface area contributed by atoms with Gasteiger partial charge < -0.3 is 16.4 Å². The predicted molar refractivity (Wildman–Crippen MR) is 26.8 cm³/mol. The lowest BCUT2D eigenvalue weighted by Crippen LogP contribution is -1.84. The molecular weight excluding hydrogens is 192 g/mol. The molecule has 0 amide bonds. The predicted octanol–water partition coefficient (Wildman–Crippen LogP) is -2.78. The second-order valence-electron chi connectivity index (χ2n) is 0.366. The summed E-state index contributed by atoms with van der Waals surface area (Å²) in [7, 11) is 0. The van der Waals surface area contributed by atoms with Crippen LogP contribution >= 0.6 is 0 Å². The molecule has 12 heteroatoms. The molecule has 12 nitrogen and oxygen atoms in total. The van der Waals surface area contributed by atoms with Crippen molar-refractivity contribution in [2.24, 2.45) is 0 Å². The van der Waals surface area contributed by atoms with Crippen molar-refractivity contribution < 1.29 is 62.6 Å². The minimum absolute atomic E-state index is 0. The molecule has 0 unspecified atom stereocenters. The zero-order valence-electron chi connectivity index (χ0n) is 5.33. The lowest BCUT2D eigenvalue weighted by Gasteiger charge is -1.79. The van der Waals surface area contributed by atoms with Gasteiger partial charge in [0.05, 0.1) is 0 Å². The van der Waals surface area contributed by atoms with Gasteiger partial charge in [0.1, 0.15) is 0 Å². The fourth-order valence-electron chi connectivity index (χ4n) is 0.0136. The van der Waals surface area contributed by atoms with Crippen LogP contribution in [0.2, 0.25) is 0 Å². The molecule has 0 atom stereocenters. The van der Waals surface area contributed by atoms with Crippen molar-refractivity contribution in [2.75, 3.05) is 0 Å². The summed E-state index contributed by atoms with van der Waals surface area (Å²) in [6, 6.07) is 0. The van der Waals surface area contributed by atoms with Crippen molar-refractivity contribution >= 4 is 0 Å². The van der Waals surface area contributed by atoms with Gasteiger partial charge >= 0.3 is 0 Å². The van der Waals surface area contributed by atoms with E-state index in [2.05, 4.69) is 25.2 Å². The van der Waals surface area contributed by atoms with Crippen LogP contribution in [0.4, 0.5) is 0 Å². The quantitative estimate of drug-likeness (QED) is 0.273. The first-order valence-electron chi connectivity index (χ1n) is 1.23. The summed E-state index contributed by atoms with van der Waals surface area (Å²) in [5.74, 6) is 0. The number of rotatable bonds is 3. The maximum absolute atomic E-state index is 7.06. The van der Waals surface area contributed by atoms with Gasteiger partial charge in [-0.05, 0) is 25.2 Å². The van der Waals surface area contributed by atoms with E-state index < -0.39 is 0 Å². The van der Waals surface area contributed by atoms with E-state index in [1.54, 1.807) is 0 Å². The zero-order chi connectivity index (χ0) is 7.54. The molecule has 0 bridgehead atoms. The Morgan fingerprint density at radius 1 is 0.500 bits per heavy atom. The van der Waals surface area contributed by atoms with Gasteiger partial charge in [-0.15, -0.1) is 0 Å². The molecule has 12 heavy (non-hydrogen) atoms. The smallest absolute Gasteiger partial charge is 0.00537 e. The molecule has 82 valence electrons. The molecule has 0 spiro atoms. The standard InChI is InChI=1S/H2O5.H2O4.3H2O/c1-3-5-4-2;1-3-4-2;;;/h1-2H;1-2H;3*1H2. The first-order chi connectivity index (χ1) is 4.33. The van der Waals surface area contributed by atoms with E-state index in [0.29, 0.717) is 0 Å². The monoisotopic (exact) mass is 202 g/mol. The van der Waals surface area contributed by atoms with Gasteiger partial charge in [-0.3, -0.25) is 0 Å². The van der Waals surface area contributed by atoms with E-state index in [1.165, 1.54) is 0 Å². The second kappa shape index (κ2) is 46.7.